The molecular weight excluding hydrogens is 396 g/mol. The maximum Gasteiger partial charge on any atom is 0.274 e. The first-order chi connectivity index (χ1) is 15.2. The zero-order valence-electron chi connectivity index (χ0n) is 17.1. The summed E-state index contributed by atoms with van der Waals surface area (Å²) >= 11 is 0. The van der Waals surface area contributed by atoms with E-state index >= 15 is 0 Å². The van der Waals surface area contributed by atoms with Crippen molar-refractivity contribution in [2.45, 2.75) is 25.6 Å². The average Bonchev–Trinajstić information content (AvgIpc) is 3.48. The molecule has 1 unspecified atom stereocenters. The van der Waals surface area contributed by atoms with Crippen LogP contribution in [-0.2, 0) is 29.0 Å². The molecule has 160 valence electrons. The summed E-state index contributed by atoms with van der Waals surface area (Å²) in [5, 5.41) is 11.4. The second kappa shape index (κ2) is 8.35. The molecule has 9 heteroatoms. The van der Waals surface area contributed by atoms with Crippen molar-refractivity contribution in [1.82, 2.24) is 29.8 Å². The summed E-state index contributed by atoms with van der Waals surface area (Å²) in [6.45, 7) is 2.72. The Bertz CT molecular complexity index is 1060. The van der Waals surface area contributed by atoms with E-state index in [4.69, 9.17) is 4.74 Å². The van der Waals surface area contributed by atoms with Crippen molar-refractivity contribution in [1.29, 1.82) is 0 Å². The molecule has 0 saturated carbocycles. The molecule has 1 fully saturated rings. The van der Waals surface area contributed by atoms with Crippen molar-refractivity contribution < 1.29 is 14.3 Å². The van der Waals surface area contributed by atoms with E-state index in [1.807, 2.05) is 35.2 Å². The van der Waals surface area contributed by atoms with Gasteiger partial charge in [0.2, 0.25) is 5.91 Å². The van der Waals surface area contributed by atoms with E-state index < -0.39 is 0 Å². The number of carbonyl (C=O) groups is 2. The Balaban J connectivity index is 1.27. The third-order valence-electron chi connectivity index (χ3n) is 5.87. The average molecular weight is 420 g/mol. The molecule has 4 heterocycles. The number of aromatic amines is 1. The number of hydrogen-bond donors (Lipinski definition) is 1. The molecule has 1 atom stereocenters. The van der Waals surface area contributed by atoms with Crippen LogP contribution in [0.2, 0.25) is 0 Å². The molecule has 0 aliphatic carbocycles. The Morgan fingerprint density at radius 3 is 2.81 bits per heavy atom. The number of carbonyl (C=O) groups excluding carboxylic acids is 2. The van der Waals surface area contributed by atoms with Crippen molar-refractivity contribution in [2.24, 2.45) is 0 Å². The summed E-state index contributed by atoms with van der Waals surface area (Å²) in [6, 6.07) is 11.7. The fourth-order valence-electron chi connectivity index (χ4n) is 4.19. The van der Waals surface area contributed by atoms with Gasteiger partial charge in [0.1, 0.15) is 12.6 Å². The van der Waals surface area contributed by atoms with Gasteiger partial charge in [0, 0.05) is 31.0 Å². The number of H-pyrrole nitrogens is 1. The summed E-state index contributed by atoms with van der Waals surface area (Å²) in [5.74, 6) is -0.0891. The van der Waals surface area contributed by atoms with Crippen LogP contribution in [0.3, 0.4) is 0 Å². The highest BCUT2D eigenvalue weighted by Crippen LogP contribution is 2.26. The van der Waals surface area contributed by atoms with E-state index in [0.29, 0.717) is 44.9 Å². The zero-order valence-corrected chi connectivity index (χ0v) is 17.1. The molecule has 1 aromatic carbocycles. The number of nitrogens with zero attached hydrogens (tertiary/aromatic N) is 5. The predicted molar refractivity (Wildman–Crippen MR) is 111 cm³/mol. The third kappa shape index (κ3) is 3.96. The Morgan fingerprint density at radius 2 is 2.00 bits per heavy atom. The van der Waals surface area contributed by atoms with E-state index in [9.17, 15) is 9.59 Å². The van der Waals surface area contributed by atoms with Gasteiger partial charge in [0.15, 0.2) is 5.69 Å². The van der Waals surface area contributed by atoms with Gasteiger partial charge in [-0.25, -0.2) is 0 Å². The largest absolute Gasteiger partial charge is 0.370 e. The Kier molecular flexibility index (Phi) is 5.25. The first-order valence-electron chi connectivity index (χ1n) is 10.5. The summed E-state index contributed by atoms with van der Waals surface area (Å²) in [6.07, 6.45) is 3.89. The molecule has 0 bridgehead atoms. The Hall–Kier alpha value is -3.46. The van der Waals surface area contributed by atoms with Crippen LogP contribution in [0.1, 0.15) is 33.4 Å². The standard InChI is InChI=1S/C22H24N6O3/c29-20(15-28-9-4-8-23-28)26-10-7-17-18(13-26)24-25-21(17)22(30)27-11-12-31-19(14-27)16-5-2-1-3-6-16/h1-6,8-9,19H,7,10-15H2,(H,24,25). The lowest BCUT2D eigenvalue weighted by molar-refractivity contribution is -0.133. The van der Waals surface area contributed by atoms with Crippen molar-refractivity contribution in [3.63, 3.8) is 0 Å². The highest BCUT2D eigenvalue weighted by atomic mass is 16.5. The quantitative estimate of drug-likeness (QED) is 0.688. The van der Waals surface area contributed by atoms with E-state index in [2.05, 4.69) is 15.3 Å². The second-order valence-corrected chi connectivity index (χ2v) is 7.82. The van der Waals surface area contributed by atoms with E-state index in [-0.39, 0.29) is 24.5 Å². The number of aromatic nitrogens is 4. The molecule has 3 aromatic rings. The number of morpholine rings is 1. The SMILES string of the molecule is O=C(Cn1cccn1)N1CCc2c(C(=O)N3CCOC(c4ccccc4)C3)n[nH]c2C1. The lowest BCUT2D eigenvalue weighted by Crippen LogP contribution is -2.43. The van der Waals surface area contributed by atoms with Crippen LogP contribution in [0.25, 0.3) is 0 Å². The maximum atomic E-state index is 13.2. The van der Waals surface area contributed by atoms with Gasteiger partial charge in [0.05, 0.1) is 25.4 Å². The van der Waals surface area contributed by atoms with Crippen LogP contribution in [0.4, 0.5) is 0 Å². The lowest BCUT2D eigenvalue weighted by atomic mass is 10.0. The number of fused-ring (bicyclic) bond motifs is 1. The first kappa shape index (κ1) is 19.5. The van der Waals surface area contributed by atoms with Crippen molar-refractivity contribution in [3.8, 4) is 0 Å². The second-order valence-electron chi connectivity index (χ2n) is 7.82. The van der Waals surface area contributed by atoms with Gasteiger partial charge in [-0.05, 0) is 18.1 Å². The first-order valence-corrected chi connectivity index (χ1v) is 10.5. The fraction of sp³-hybridized carbons (Fsp3) is 0.364. The minimum atomic E-state index is -0.135. The Labute approximate surface area is 179 Å². The molecule has 9 nitrogen and oxygen atoms in total. The predicted octanol–water partition coefficient (Wildman–Crippen LogP) is 1.40. The number of ether oxygens (including phenoxy) is 1. The van der Waals surface area contributed by atoms with E-state index in [0.717, 1.165) is 16.8 Å². The maximum absolute atomic E-state index is 13.2. The summed E-state index contributed by atoms with van der Waals surface area (Å²) < 4.78 is 7.50. The van der Waals surface area contributed by atoms with E-state index in [1.54, 1.807) is 28.0 Å². The molecule has 2 aliphatic rings. The van der Waals surface area contributed by atoms with Gasteiger partial charge >= 0.3 is 0 Å². The Morgan fingerprint density at radius 1 is 1.13 bits per heavy atom. The minimum absolute atomic E-state index is 0.00397. The van der Waals surface area contributed by atoms with Gasteiger partial charge in [-0.2, -0.15) is 10.2 Å². The number of rotatable bonds is 4. The molecular formula is C22H24N6O3. The molecule has 0 spiro atoms. The molecule has 2 amide bonds. The topological polar surface area (TPSA) is 96.3 Å². The number of benzene rings is 1. The summed E-state index contributed by atoms with van der Waals surface area (Å²) in [7, 11) is 0. The van der Waals surface area contributed by atoms with Crippen LogP contribution >= 0.6 is 0 Å². The highest BCUT2D eigenvalue weighted by molar-refractivity contribution is 5.94. The number of nitrogens with one attached hydrogen (secondary N) is 1. The van der Waals surface area contributed by atoms with Crippen LogP contribution in [0.15, 0.2) is 48.8 Å². The highest BCUT2D eigenvalue weighted by Gasteiger charge is 2.32. The van der Waals surface area contributed by atoms with Crippen LogP contribution < -0.4 is 0 Å². The van der Waals surface area contributed by atoms with Crippen LogP contribution in [0, 0.1) is 0 Å². The smallest absolute Gasteiger partial charge is 0.274 e. The van der Waals surface area contributed by atoms with Gasteiger partial charge in [-0.3, -0.25) is 19.4 Å². The molecule has 5 rings (SSSR count). The van der Waals surface area contributed by atoms with Crippen molar-refractivity contribution >= 4 is 11.8 Å². The number of amides is 2. The normalized spacial score (nSPS) is 18.6. The minimum Gasteiger partial charge on any atom is -0.370 e. The van der Waals surface area contributed by atoms with Gasteiger partial charge < -0.3 is 14.5 Å². The molecule has 1 saturated heterocycles. The van der Waals surface area contributed by atoms with Gasteiger partial charge in [-0.15, -0.1) is 0 Å². The molecule has 2 aromatic heterocycles. The van der Waals surface area contributed by atoms with Crippen molar-refractivity contribution in [2.75, 3.05) is 26.2 Å². The lowest BCUT2D eigenvalue weighted by Gasteiger charge is -2.33. The monoisotopic (exact) mass is 420 g/mol. The zero-order chi connectivity index (χ0) is 21.2. The van der Waals surface area contributed by atoms with Crippen LogP contribution in [-0.4, -0.2) is 67.8 Å². The van der Waals surface area contributed by atoms with E-state index in [1.165, 1.54) is 0 Å². The van der Waals surface area contributed by atoms with Gasteiger partial charge in [-0.1, -0.05) is 30.3 Å². The molecule has 1 N–H and O–H groups in total. The van der Waals surface area contributed by atoms with Crippen LogP contribution in [0.5, 0.6) is 0 Å². The number of hydrogen-bond acceptors (Lipinski definition) is 5. The molecule has 31 heavy (non-hydrogen) atoms. The molecule has 2 aliphatic heterocycles. The third-order valence-corrected chi connectivity index (χ3v) is 5.87. The summed E-state index contributed by atoms with van der Waals surface area (Å²) in [4.78, 5) is 29.4. The summed E-state index contributed by atoms with van der Waals surface area (Å²) in [5.41, 5.74) is 3.27. The fourth-order valence-corrected chi connectivity index (χ4v) is 4.19. The van der Waals surface area contributed by atoms with Gasteiger partial charge in [0.25, 0.3) is 5.91 Å². The molecule has 0 radical (unpaired) electrons. The van der Waals surface area contributed by atoms with Crippen molar-refractivity contribution in [3.05, 3.63) is 71.3 Å².